The molecule has 4 amide bonds. The van der Waals surface area contributed by atoms with E-state index in [9.17, 15) is 19.2 Å². The van der Waals surface area contributed by atoms with Gasteiger partial charge in [0.25, 0.3) is 23.6 Å². The fourth-order valence-electron chi connectivity index (χ4n) is 16.3. The van der Waals surface area contributed by atoms with Crippen LogP contribution in [0.1, 0.15) is 94.0 Å². The standard InChI is InChI=1S/C24H27ClN8O.C24H27N7O2.C23H21ClN8O.C22H22ClN7O2/c1-14-10-33(11-15(2)32(14)4)23(34)20-8-16-7-17(9-18(25)22(16)29-20)28-24-26-6-5-19(30-24)21-12-31(3)13-27-21;1-15-9-18(28-24-25-6-3-19(30-24)21-13-31(2)14-27-21)10-17-11-20(29-22(15)17)23(32)26-12-16-4-7-33-8-5-16;1-31-12-20(27-13-31)18-2-5-26-23(30-18)28-16-8-15-9-19(29-21(15)17(24)10-16)22(33)32-6-3-14(11-25)4-7-32;1-13-10-30(5-6-32-13)21(31)18-8-14-7-15(9-16(23)20(14)27-18)26-22-24-4-3-17(28-22)19-11-29(2)12-25-19/h5-9,12-15,29H,10-11H2,1-4H3,(H,26,28,30);3,6,9-11,13-14,16,29H,4-5,7-8,12H2,1-2H3,(H,26,32)(H,25,28,30);2,5,8-10,12-14,29H,3-4,6-7H2,1H3,(H,26,28,30);3-4,7-9,11-13,27H,5-6,10H2,1-2H3,(H,24,26,28). The number of piperidine rings is 1. The molecule has 4 aromatic carbocycles. The number of imidazole rings is 4. The number of fused-ring (bicyclic) bond motifs is 4. The molecule has 676 valence electrons. The summed E-state index contributed by atoms with van der Waals surface area (Å²) in [5.41, 5.74) is 15.1. The first-order valence-electron chi connectivity index (χ1n) is 43.2. The van der Waals surface area contributed by atoms with Gasteiger partial charge in [0.05, 0.1) is 98.5 Å². The fourth-order valence-corrected chi connectivity index (χ4v) is 17.1. The number of carbonyl (C=O) groups excluding carboxylic acids is 4. The number of morpholine rings is 1. The lowest BCUT2D eigenvalue weighted by Crippen LogP contribution is -2.56. The maximum absolute atomic E-state index is 13.2. The Morgan fingerprint density at radius 3 is 1.17 bits per heavy atom. The van der Waals surface area contributed by atoms with Gasteiger partial charge in [0.1, 0.15) is 45.6 Å². The number of likely N-dealkylation sites (N-methyl/N-ethyl adjacent to an activating group) is 1. The van der Waals surface area contributed by atoms with E-state index in [1.165, 1.54) is 0 Å². The molecule has 4 aliphatic heterocycles. The van der Waals surface area contributed by atoms with Crippen molar-refractivity contribution in [2.24, 2.45) is 40.0 Å². The summed E-state index contributed by atoms with van der Waals surface area (Å²) in [5, 5.41) is 29.9. The third-order valence-corrected chi connectivity index (χ3v) is 24.3. The van der Waals surface area contributed by atoms with Gasteiger partial charge in [0, 0.05) is 205 Å². The zero-order valence-electron chi connectivity index (χ0n) is 73.9. The van der Waals surface area contributed by atoms with Gasteiger partial charge in [-0.3, -0.25) is 24.1 Å². The number of piperazine rings is 1. The highest BCUT2D eigenvalue weighted by Gasteiger charge is 2.32. The highest BCUT2D eigenvalue weighted by atomic mass is 35.5. The first-order chi connectivity index (χ1) is 63.8. The van der Waals surface area contributed by atoms with Crippen LogP contribution in [-0.4, -0.2) is 232 Å². The number of anilines is 8. The molecule has 0 saturated carbocycles. The van der Waals surface area contributed by atoms with Gasteiger partial charge in [0.2, 0.25) is 23.8 Å². The summed E-state index contributed by atoms with van der Waals surface area (Å²) in [5.74, 6) is 2.03. The lowest BCUT2D eigenvalue weighted by Gasteiger charge is -2.42. The van der Waals surface area contributed by atoms with Gasteiger partial charge in [0.15, 0.2) is 0 Å². The molecule has 12 aromatic heterocycles. The topological polar surface area (TPSA) is 421 Å². The fraction of sp³-hybridized carbons (Fsp3) is 0.301. The Bertz CT molecular complexity index is 6950. The van der Waals surface area contributed by atoms with Crippen LogP contribution in [0.2, 0.25) is 15.1 Å². The van der Waals surface area contributed by atoms with E-state index in [1.807, 2.05) is 151 Å². The SMILES string of the molecule is CC1CN(C(=O)c2cc3cc(Nc4nccc(-c5cn(C)cn5)n4)cc(Cl)c3[nH]2)CC(C)N1C.CC1CN(C(=O)c2cc3cc(Nc4nccc(-c5cn(C)cn5)n4)cc(Cl)c3[nH]2)CCO1.Cc1cc(Nc2nccc(-c3cn(C)cn3)n2)cc2cc(C(=O)NCC3CCOCC3)[nH]c12.Cn1cnc(-c2ccnc(Nc3cc(Cl)c4[nH]c(C(=O)N5CCC(C#N)CC5)cc4c3)n2)c1. The largest absolute Gasteiger partial charge is 0.381 e. The Balaban J connectivity index is 0.000000123. The van der Waals surface area contributed by atoms with Crippen molar-refractivity contribution in [2.45, 2.75) is 71.6 Å². The predicted octanol–water partition coefficient (Wildman–Crippen LogP) is 15.2. The Kier molecular flexibility index (Phi) is 26.8. The van der Waals surface area contributed by atoms with Gasteiger partial charge >= 0.3 is 0 Å². The number of hydrogen-bond donors (Lipinski definition) is 9. The van der Waals surface area contributed by atoms with Gasteiger partial charge in [-0.25, -0.2) is 59.8 Å². The smallest absolute Gasteiger partial charge is 0.270 e. The first-order valence-corrected chi connectivity index (χ1v) is 44.3. The Morgan fingerprint density at radius 1 is 0.432 bits per heavy atom. The number of nitrogens with zero attached hydrogens (tertiary/aromatic N) is 21. The maximum Gasteiger partial charge on any atom is 0.270 e. The number of aromatic nitrogens is 20. The number of benzene rings is 4. The summed E-state index contributed by atoms with van der Waals surface area (Å²) in [4.78, 5) is 125. The summed E-state index contributed by atoms with van der Waals surface area (Å²) < 4.78 is 18.4. The van der Waals surface area contributed by atoms with Crippen LogP contribution < -0.4 is 26.6 Å². The number of rotatable bonds is 18. The van der Waals surface area contributed by atoms with Crippen LogP contribution in [0.25, 0.3) is 89.2 Å². The average molecular weight is 1840 g/mol. The number of carbonyl (C=O) groups is 4. The van der Waals surface area contributed by atoms with Gasteiger partial charge in [-0.2, -0.15) is 5.26 Å². The molecule has 0 radical (unpaired) electrons. The number of aromatic amines is 4. The molecule has 20 rings (SSSR count). The number of aryl methyl sites for hydroxylation is 5. The van der Waals surface area contributed by atoms with Crippen LogP contribution in [0.4, 0.5) is 46.5 Å². The molecule has 39 heteroatoms. The second-order valence-electron chi connectivity index (χ2n) is 33.5. The van der Waals surface area contributed by atoms with Gasteiger partial charge in [-0.15, -0.1) is 0 Å². The van der Waals surface area contributed by atoms with Crippen LogP contribution in [0.5, 0.6) is 0 Å². The van der Waals surface area contributed by atoms with Crippen molar-refractivity contribution in [1.29, 1.82) is 5.26 Å². The van der Waals surface area contributed by atoms with Gasteiger partial charge in [-0.05, 0) is 169 Å². The summed E-state index contributed by atoms with van der Waals surface area (Å²) in [6, 6.07) is 32.6. The van der Waals surface area contributed by atoms with Crippen LogP contribution in [0.15, 0.2) is 172 Å². The zero-order valence-corrected chi connectivity index (χ0v) is 76.2. The van der Waals surface area contributed by atoms with Crippen LogP contribution in [-0.2, 0) is 37.7 Å². The number of likely N-dealkylation sites (tertiary alicyclic amines) is 1. The van der Waals surface area contributed by atoms with E-state index in [4.69, 9.17) is 49.5 Å². The second-order valence-corrected chi connectivity index (χ2v) is 34.7. The van der Waals surface area contributed by atoms with E-state index in [2.05, 4.69) is 138 Å². The molecule has 4 aliphatic rings. The van der Waals surface area contributed by atoms with E-state index >= 15 is 0 Å². The van der Waals surface area contributed by atoms with Crippen LogP contribution in [0, 0.1) is 30.1 Å². The van der Waals surface area contributed by atoms with Crippen molar-refractivity contribution in [3.05, 3.63) is 215 Å². The molecule has 132 heavy (non-hydrogen) atoms. The van der Waals surface area contributed by atoms with Crippen molar-refractivity contribution in [3.63, 3.8) is 0 Å². The Hall–Kier alpha value is -14.5. The van der Waals surface area contributed by atoms with E-state index in [1.54, 1.807) is 96.3 Å². The van der Waals surface area contributed by atoms with Crippen LogP contribution >= 0.6 is 34.8 Å². The minimum Gasteiger partial charge on any atom is -0.381 e. The number of amides is 4. The molecular weight excluding hydrogens is 1740 g/mol. The number of H-pyrrole nitrogens is 4. The highest BCUT2D eigenvalue weighted by molar-refractivity contribution is 6.37. The number of nitrogens with one attached hydrogen (secondary N) is 9. The molecule has 0 spiro atoms. The van der Waals surface area contributed by atoms with Gasteiger partial charge < -0.3 is 89.0 Å². The van der Waals surface area contributed by atoms with Crippen LogP contribution in [0.3, 0.4) is 0 Å². The van der Waals surface area contributed by atoms with Crippen molar-refractivity contribution >= 4 is 149 Å². The molecule has 16 heterocycles. The minimum atomic E-state index is -0.0852. The molecule has 3 atom stereocenters. The van der Waals surface area contributed by atoms with E-state index in [0.29, 0.717) is 173 Å². The van der Waals surface area contributed by atoms with E-state index in [0.717, 1.165) is 115 Å². The molecule has 4 fully saturated rings. The molecule has 36 nitrogen and oxygen atoms in total. The molecule has 0 bridgehead atoms. The number of hydrogen-bond acceptors (Lipinski definition) is 24. The van der Waals surface area contributed by atoms with Crippen molar-refractivity contribution in [1.82, 2.24) is 123 Å². The summed E-state index contributed by atoms with van der Waals surface area (Å²) in [7, 11) is 9.74. The van der Waals surface area contributed by atoms with Gasteiger partial charge in [-0.1, -0.05) is 34.8 Å². The van der Waals surface area contributed by atoms with E-state index in [-0.39, 0.29) is 35.7 Å². The summed E-state index contributed by atoms with van der Waals surface area (Å²) >= 11 is 19.6. The lowest BCUT2D eigenvalue weighted by molar-refractivity contribution is -0.0126. The lowest BCUT2D eigenvalue weighted by atomic mass is 9.98. The first kappa shape index (κ1) is 89.5. The molecular formula is C93H97Cl3N30O6. The minimum absolute atomic E-state index is 0.0139. The summed E-state index contributed by atoms with van der Waals surface area (Å²) in [6.45, 7) is 14.7. The molecule has 0 aliphatic carbocycles. The number of halogens is 3. The predicted molar refractivity (Wildman–Crippen MR) is 507 cm³/mol. The Morgan fingerprint density at radius 2 is 0.795 bits per heavy atom. The molecule has 9 N–H and O–H groups in total. The molecule has 3 unspecified atom stereocenters. The number of ether oxygens (including phenoxy) is 2. The van der Waals surface area contributed by atoms with E-state index < -0.39 is 0 Å². The Labute approximate surface area is 773 Å². The number of nitriles is 1. The second kappa shape index (κ2) is 39.5. The van der Waals surface area contributed by atoms with Crippen molar-refractivity contribution in [2.75, 3.05) is 93.9 Å². The van der Waals surface area contributed by atoms with Crippen molar-refractivity contribution in [3.8, 4) is 51.6 Å². The third kappa shape index (κ3) is 21.0. The van der Waals surface area contributed by atoms with Crippen molar-refractivity contribution < 1.29 is 28.7 Å². The molecule has 4 saturated heterocycles. The zero-order chi connectivity index (χ0) is 92.0. The maximum atomic E-state index is 13.2. The average Bonchev–Trinajstić information content (AvgIpc) is 1.64. The summed E-state index contributed by atoms with van der Waals surface area (Å²) in [6.07, 6.45) is 24.7. The normalized spacial score (nSPS) is 16.1. The quantitative estimate of drug-likeness (QED) is 0.0385. The third-order valence-electron chi connectivity index (χ3n) is 23.5. The molecule has 16 aromatic rings. The monoisotopic (exact) mass is 1830 g/mol. The highest BCUT2D eigenvalue weighted by Crippen LogP contribution is 2.36.